The molecular weight excluding hydrogens is 267 g/mol. The minimum absolute atomic E-state index is 0.0898. The van der Waals surface area contributed by atoms with Gasteiger partial charge in [0.25, 0.3) is 0 Å². The molecule has 0 amide bonds. The summed E-state index contributed by atoms with van der Waals surface area (Å²) in [6, 6.07) is 11.9. The molecule has 0 heterocycles. The van der Waals surface area contributed by atoms with E-state index in [0.29, 0.717) is 17.0 Å². The molecule has 1 aliphatic rings. The van der Waals surface area contributed by atoms with E-state index in [1.165, 1.54) is 50.1 Å². The molecule has 2 aromatic carbocycles. The third-order valence-corrected chi connectivity index (χ3v) is 4.16. The lowest BCUT2D eigenvalue weighted by Crippen LogP contribution is -2.09. The molecule has 1 saturated carbocycles. The predicted octanol–water partition coefficient (Wildman–Crippen LogP) is 4.33. The van der Waals surface area contributed by atoms with Crippen molar-refractivity contribution >= 4 is 5.78 Å². The fourth-order valence-electron chi connectivity index (χ4n) is 2.62. The number of ketones is 1. The van der Waals surface area contributed by atoms with Gasteiger partial charge in [-0.05, 0) is 42.5 Å². The second-order valence-electron chi connectivity index (χ2n) is 5.43. The van der Waals surface area contributed by atoms with Gasteiger partial charge in [-0.25, -0.2) is 4.39 Å². The van der Waals surface area contributed by atoms with Gasteiger partial charge in [-0.2, -0.15) is 0 Å². The van der Waals surface area contributed by atoms with Crippen molar-refractivity contribution in [3.05, 3.63) is 65.0 Å². The Kier molecular flexibility index (Phi) is 3.74. The van der Waals surface area contributed by atoms with Crippen molar-refractivity contribution in [2.75, 3.05) is 7.11 Å². The van der Waals surface area contributed by atoms with E-state index in [4.69, 9.17) is 4.74 Å². The van der Waals surface area contributed by atoms with Crippen LogP contribution in [0, 0.1) is 5.82 Å². The zero-order valence-electron chi connectivity index (χ0n) is 11.9. The van der Waals surface area contributed by atoms with Gasteiger partial charge in [0.1, 0.15) is 0 Å². The smallest absolute Gasteiger partial charge is 0.193 e. The number of carbonyl (C=O) groups is 1. The SMILES string of the molecule is COc1cc(C(=O)c2ccc(C3CCC3)cc2)ccc1F. The van der Waals surface area contributed by atoms with Gasteiger partial charge < -0.3 is 4.74 Å². The molecule has 0 bridgehead atoms. The fraction of sp³-hybridized carbons (Fsp3) is 0.278. The molecule has 1 aliphatic carbocycles. The summed E-state index contributed by atoms with van der Waals surface area (Å²) in [5, 5.41) is 0. The van der Waals surface area contributed by atoms with E-state index in [1.807, 2.05) is 24.3 Å². The summed E-state index contributed by atoms with van der Waals surface area (Å²) < 4.78 is 18.3. The molecule has 0 spiro atoms. The summed E-state index contributed by atoms with van der Waals surface area (Å²) in [5.74, 6) is 0.162. The van der Waals surface area contributed by atoms with E-state index in [2.05, 4.69) is 0 Å². The van der Waals surface area contributed by atoms with Gasteiger partial charge in [-0.15, -0.1) is 0 Å². The average molecular weight is 284 g/mol. The molecule has 2 nitrogen and oxygen atoms in total. The van der Waals surface area contributed by atoms with Crippen LogP contribution in [-0.2, 0) is 0 Å². The largest absolute Gasteiger partial charge is 0.494 e. The van der Waals surface area contributed by atoms with Gasteiger partial charge in [-0.1, -0.05) is 30.7 Å². The van der Waals surface area contributed by atoms with Gasteiger partial charge in [0.15, 0.2) is 17.3 Å². The summed E-state index contributed by atoms with van der Waals surface area (Å²) in [4.78, 5) is 12.4. The van der Waals surface area contributed by atoms with Crippen molar-refractivity contribution in [1.82, 2.24) is 0 Å². The number of hydrogen-bond acceptors (Lipinski definition) is 2. The van der Waals surface area contributed by atoms with Crippen LogP contribution < -0.4 is 4.74 Å². The molecule has 21 heavy (non-hydrogen) atoms. The van der Waals surface area contributed by atoms with E-state index in [0.717, 1.165) is 0 Å². The average Bonchev–Trinajstić information content (AvgIpc) is 2.46. The van der Waals surface area contributed by atoms with Crippen LogP contribution in [-0.4, -0.2) is 12.9 Å². The maximum Gasteiger partial charge on any atom is 0.193 e. The number of methoxy groups -OCH3 is 1. The van der Waals surface area contributed by atoms with Crippen LogP contribution in [0.4, 0.5) is 4.39 Å². The predicted molar refractivity (Wildman–Crippen MR) is 79.4 cm³/mol. The van der Waals surface area contributed by atoms with Crippen molar-refractivity contribution in [1.29, 1.82) is 0 Å². The third-order valence-electron chi connectivity index (χ3n) is 4.16. The highest BCUT2D eigenvalue weighted by molar-refractivity contribution is 6.09. The van der Waals surface area contributed by atoms with E-state index < -0.39 is 5.82 Å². The molecule has 0 aliphatic heterocycles. The monoisotopic (exact) mass is 284 g/mol. The van der Waals surface area contributed by atoms with Crippen LogP contribution in [0.15, 0.2) is 42.5 Å². The van der Waals surface area contributed by atoms with Crippen molar-refractivity contribution in [3.8, 4) is 5.75 Å². The first-order valence-corrected chi connectivity index (χ1v) is 7.17. The molecular formula is C18H17FO2. The second-order valence-corrected chi connectivity index (χ2v) is 5.43. The summed E-state index contributed by atoms with van der Waals surface area (Å²) in [6.07, 6.45) is 3.77. The van der Waals surface area contributed by atoms with Crippen LogP contribution in [0.1, 0.15) is 46.7 Å². The Morgan fingerprint density at radius 1 is 1.10 bits per heavy atom. The first-order chi connectivity index (χ1) is 10.2. The normalized spacial score (nSPS) is 14.6. The molecule has 0 unspecified atom stereocenters. The molecule has 0 aromatic heterocycles. The van der Waals surface area contributed by atoms with Crippen LogP contribution in [0.25, 0.3) is 0 Å². The van der Waals surface area contributed by atoms with Crippen LogP contribution in [0.5, 0.6) is 5.75 Å². The quantitative estimate of drug-likeness (QED) is 0.781. The van der Waals surface area contributed by atoms with E-state index >= 15 is 0 Å². The molecule has 1 fully saturated rings. The number of ether oxygens (including phenoxy) is 1. The van der Waals surface area contributed by atoms with E-state index in [-0.39, 0.29) is 11.5 Å². The molecule has 2 aromatic rings. The van der Waals surface area contributed by atoms with Crippen LogP contribution in [0.2, 0.25) is 0 Å². The molecule has 0 N–H and O–H groups in total. The maximum atomic E-state index is 13.4. The third kappa shape index (κ3) is 2.68. The number of rotatable bonds is 4. The van der Waals surface area contributed by atoms with Gasteiger partial charge in [-0.3, -0.25) is 4.79 Å². The van der Waals surface area contributed by atoms with E-state index in [1.54, 1.807) is 0 Å². The lowest BCUT2D eigenvalue weighted by atomic mass is 9.80. The first-order valence-electron chi connectivity index (χ1n) is 7.17. The molecule has 3 heteroatoms. The molecule has 108 valence electrons. The highest BCUT2D eigenvalue weighted by Crippen LogP contribution is 2.36. The standard InChI is InChI=1S/C18H17FO2/c1-21-17-11-15(9-10-16(17)19)18(20)14-7-5-13(6-8-14)12-3-2-4-12/h5-12H,2-4H2,1H3. The molecule has 3 rings (SSSR count). The van der Waals surface area contributed by atoms with Crippen molar-refractivity contribution in [2.45, 2.75) is 25.2 Å². The lowest BCUT2D eigenvalue weighted by Gasteiger charge is -2.25. The number of benzene rings is 2. The zero-order chi connectivity index (χ0) is 14.8. The number of halogens is 1. The van der Waals surface area contributed by atoms with Gasteiger partial charge >= 0.3 is 0 Å². The highest BCUT2D eigenvalue weighted by Gasteiger charge is 2.19. The zero-order valence-corrected chi connectivity index (χ0v) is 11.9. The van der Waals surface area contributed by atoms with Crippen molar-refractivity contribution in [2.24, 2.45) is 0 Å². The molecule has 0 radical (unpaired) electrons. The van der Waals surface area contributed by atoms with Gasteiger partial charge in [0.05, 0.1) is 7.11 Å². The summed E-state index contributed by atoms with van der Waals surface area (Å²) in [6.45, 7) is 0. The Labute approximate surface area is 123 Å². The molecule has 0 atom stereocenters. The van der Waals surface area contributed by atoms with Gasteiger partial charge in [0.2, 0.25) is 0 Å². The maximum absolute atomic E-state index is 13.4. The Hall–Kier alpha value is -2.16. The second kappa shape index (κ2) is 5.68. The topological polar surface area (TPSA) is 26.3 Å². The minimum atomic E-state index is -0.464. The van der Waals surface area contributed by atoms with Crippen molar-refractivity contribution in [3.63, 3.8) is 0 Å². The number of hydrogen-bond donors (Lipinski definition) is 0. The van der Waals surface area contributed by atoms with Gasteiger partial charge in [0, 0.05) is 11.1 Å². The Morgan fingerprint density at radius 2 is 1.76 bits per heavy atom. The first kappa shape index (κ1) is 13.8. The summed E-state index contributed by atoms with van der Waals surface area (Å²) in [7, 11) is 1.39. The van der Waals surface area contributed by atoms with Crippen LogP contribution >= 0.6 is 0 Å². The highest BCUT2D eigenvalue weighted by atomic mass is 19.1. The molecule has 0 saturated heterocycles. The number of carbonyl (C=O) groups excluding carboxylic acids is 1. The summed E-state index contributed by atoms with van der Waals surface area (Å²) in [5.41, 5.74) is 2.35. The Morgan fingerprint density at radius 3 is 2.33 bits per heavy atom. The van der Waals surface area contributed by atoms with Crippen LogP contribution in [0.3, 0.4) is 0 Å². The lowest BCUT2D eigenvalue weighted by molar-refractivity contribution is 0.103. The summed E-state index contributed by atoms with van der Waals surface area (Å²) >= 11 is 0. The van der Waals surface area contributed by atoms with Crippen molar-refractivity contribution < 1.29 is 13.9 Å². The Balaban J connectivity index is 1.84. The Bertz CT molecular complexity index is 657. The minimum Gasteiger partial charge on any atom is -0.494 e. The fourth-order valence-corrected chi connectivity index (χ4v) is 2.62. The van der Waals surface area contributed by atoms with E-state index in [9.17, 15) is 9.18 Å².